The Hall–Kier alpha value is -3.99. The fourth-order valence-corrected chi connectivity index (χ4v) is 7.10. The molecule has 0 aliphatic carbocycles. The van der Waals surface area contributed by atoms with Crippen molar-refractivity contribution in [2.24, 2.45) is 0 Å². The van der Waals surface area contributed by atoms with Crippen molar-refractivity contribution in [3.8, 4) is 11.1 Å². The van der Waals surface area contributed by atoms with Crippen molar-refractivity contribution in [1.82, 2.24) is 4.31 Å². The van der Waals surface area contributed by atoms with E-state index in [-0.39, 0.29) is 0 Å². The molecule has 0 fully saturated rings. The summed E-state index contributed by atoms with van der Waals surface area (Å²) in [6.07, 6.45) is 0. The summed E-state index contributed by atoms with van der Waals surface area (Å²) in [7, 11) is -3.63. The lowest BCUT2D eigenvalue weighted by atomic mass is 9.87. The molecule has 37 heavy (non-hydrogen) atoms. The Labute approximate surface area is 216 Å². The fourth-order valence-electron chi connectivity index (χ4n) is 5.71. The van der Waals surface area contributed by atoms with Crippen LogP contribution in [0.1, 0.15) is 16.7 Å². The van der Waals surface area contributed by atoms with Gasteiger partial charge in [0, 0.05) is 13.1 Å². The summed E-state index contributed by atoms with van der Waals surface area (Å²) in [5, 5.41) is 7.05. The van der Waals surface area contributed by atoms with Crippen LogP contribution in [0, 0.1) is 6.92 Å². The summed E-state index contributed by atoms with van der Waals surface area (Å²) in [6, 6.07) is 37.0. The van der Waals surface area contributed by atoms with Gasteiger partial charge < -0.3 is 0 Å². The van der Waals surface area contributed by atoms with Crippen LogP contribution in [0.5, 0.6) is 0 Å². The third-order valence-corrected chi connectivity index (χ3v) is 9.41. The molecule has 0 unspecified atom stereocenters. The number of sulfonamides is 1. The molecule has 0 N–H and O–H groups in total. The first-order valence-corrected chi connectivity index (χ1v) is 14.0. The number of aryl methyl sites for hydroxylation is 1. The molecule has 0 spiro atoms. The van der Waals surface area contributed by atoms with E-state index >= 15 is 0 Å². The molecule has 4 heteroatoms. The summed E-state index contributed by atoms with van der Waals surface area (Å²) in [4.78, 5) is 0.341. The van der Waals surface area contributed by atoms with Gasteiger partial charge in [0.15, 0.2) is 0 Å². The Morgan fingerprint density at radius 2 is 1.32 bits per heavy atom. The van der Waals surface area contributed by atoms with Crippen molar-refractivity contribution in [1.29, 1.82) is 0 Å². The molecular formula is C33H25NO2S. The van der Waals surface area contributed by atoms with Crippen LogP contribution in [0.2, 0.25) is 0 Å². The first-order valence-electron chi connectivity index (χ1n) is 12.5. The van der Waals surface area contributed by atoms with Gasteiger partial charge in [0.25, 0.3) is 0 Å². The second-order valence-corrected chi connectivity index (χ2v) is 11.9. The number of rotatable bonds is 3. The molecule has 0 radical (unpaired) electrons. The molecule has 0 aromatic heterocycles. The normalized spacial score (nSPS) is 14.0. The Balaban J connectivity index is 1.49. The molecule has 1 aliphatic rings. The Bertz CT molecular complexity index is 1960. The van der Waals surface area contributed by atoms with Crippen LogP contribution in [-0.4, -0.2) is 12.7 Å². The fraction of sp³-hybridized carbons (Fsp3) is 0.0909. The molecular weight excluding hydrogens is 474 g/mol. The van der Waals surface area contributed by atoms with Crippen molar-refractivity contribution in [3.63, 3.8) is 0 Å². The summed E-state index contributed by atoms with van der Waals surface area (Å²) in [5.41, 5.74) is 5.46. The lowest BCUT2D eigenvalue weighted by Gasteiger charge is -2.17. The third kappa shape index (κ3) is 3.56. The van der Waals surface area contributed by atoms with E-state index < -0.39 is 10.0 Å². The molecule has 1 aliphatic heterocycles. The minimum absolute atomic E-state index is 0.341. The largest absolute Gasteiger partial charge is 0.243 e. The van der Waals surface area contributed by atoms with Crippen molar-refractivity contribution < 1.29 is 8.42 Å². The highest BCUT2D eigenvalue weighted by atomic mass is 32.2. The summed E-state index contributed by atoms with van der Waals surface area (Å²) in [5.74, 6) is 0. The van der Waals surface area contributed by atoms with Gasteiger partial charge in [-0.1, -0.05) is 90.5 Å². The predicted molar refractivity (Wildman–Crippen MR) is 152 cm³/mol. The molecule has 0 bridgehead atoms. The quantitative estimate of drug-likeness (QED) is 0.233. The molecule has 0 saturated heterocycles. The highest BCUT2D eigenvalue weighted by Gasteiger charge is 2.33. The van der Waals surface area contributed by atoms with Crippen LogP contribution in [-0.2, 0) is 23.1 Å². The number of nitrogens with zero attached hydrogens (tertiary/aromatic N) is 1. The second-order valence-electron chi connectivity index (χ2n) is 9.92. The van der Waals surface area contributed by atoms with Crippen molar-refractivity contribution >= 4 is 42.3 Å². The molecule has 3 nitrogen and oxygen atoms in total. The van der Waals surface area contributed by atoms with Crippen LogP contribution in [0.15, 0.2) is 114 Å². The summed E-state index contributed by atoms with van der Waals surface area (Å²) >= 11 is 0. The molecule has 0 saturated carbocycles. The average molecular weight is 500 g/mol. The zero-order valence-electron chi connectivity index (χ0n) is 20.5. The lowest BCUT2D eigenvalue weighted by molar-refractivity contribution is 0.432. The number of benzene rings is 6. The molecule has 6 aromatic carbocycles. The minimum atomic E-state index is -3.63. The van der Waals surface area contributed by atoms with Crippen LogP contribution < -0.4 is 0 Å². The van der Waals surface area contributed by atoms with Crippen LogP contribution in [0.4, 0.5) is 0 Å². The van der Waals surface area contributed by atoms with E-state index in [9.17, 15) is 8.42 Å². The summed E-state index contributed by atoms with van der Waals surface area (Å²) < 4.78 is 29.0. The first kappa shape index (κ1) is 22.2. The van der Waals surface area contributed by atoms with Gasteiger partial charge in [-0.3, -0.25) is 0 Å². The molecule has 0 atom stereocenters. The van der Waals surface area contributed by atoms with Gasteiger partial charge in [0.1, 0.15) is 0 Å². The molecule has 7 rings (SSSR count). The van der Waals surface area contributed by atoms with Gasteiger partial charge in [-0.15, -0.1) is 0 Å². The van der Waals surface area contributed by atoms with Crippen LogP contribution >= 0.6 is 0 Å². The number of fused-ring (bicyclic) bond motifs is 5. The van der Waals surface area contributed by atoms with Gasteiger partial charge >= 0.3 is 0 Å². The van der Waals surface area contributed by atoms with E-state index in [0.717, 1.165) is 33.2 Å². The maximum Gasteiger partial charge on any atom is 0.243 e. The maximum absolute atomic E-state index is 13.7. The van der Waals surface area contributed by atoms with Crippen molar-refractivity contribution in [2.75, 3.05) is 0 Å². The van der Waals surface area contributed by atoms with Gasteiger partial charge in [-0.2, -0.15) is 4.31 Å². The molecule has 0 amide bonds. The SMILES string of the molecule is Cc1ccc(S(=O)(=O)N2Cc3cc4ccc5ccccc5c4c(-c4ccc5ccccc5c4)c3C2)cc1. The minimum Gasteiger partial charge on any atom is -0.207 e. The van der Waals surface area contributed by atoms with Crippen molar-refractivity contribution in [3.05, 3.63) is 126 Å². The van der Waals surface area contributed by atoms with E-state index in [2.05, 4.69) is 84.9 Å². The Kier molecular flexibility index (Phi) is 4.97. The van der Waals surface area contributed by atoms with Gasteiger partial charge in [-0.05, 0) is 85.8 Å². The maximum atomic E-state index is 13.7. The first-order chi connectivity index (χ1) is 18.0. The molecule has 1 heterocycles. The molecule has 180 valence electrons. The highest BCUT2D eigenvalue weighted by Crippen LogP contribution is 2.43. The third-order valence-electron chi connectivity index (χ3n) is 7.61. The highest BCUT2D eigenvalue weighted by molar-refractivity contribution is 7.89. The number of hydrogen-bond donors (Lipinski definition) is 0. The van der Waals surface area contributed by atoms with E-state index in [1.54, 1.807) is 16.4 Å². The molecule has 6 aromatic rings. The second kappa shape index (κ2) is 8.27. The van der Waals surface area contributed by atoms with E-state index in [1.807, 2.05) is 19.1 Å². The zero-order valence-corrected chi connectivity index (χ0v) is 21.3. The zero-order chi connectivity index (χ0) is 25.1. The van der Waals surface area contributed by atoms with Gasteiger partial charge in [0.2, 0.25) is 10.0 Å². The lowest BCUT2D eigenvalue weighted by Crippen LogP contribution is -2.25. The monoisotopic (exact) mass is 499 g/mol. The van der Waals surface area contributed by atoms with E-state index in [1.165, 1.54) is 26.9 Å². The van der Waals surface area contributed by atoms with Gasteiger partial charge in [-0.25, -0.2) is 8.42 Å². The number of hydrogen-bond acceptors (Lipinski definition) is 2. The van der Waals surface area contributed by atoms with E-state index in [4.69, 9.17) is 0 Å². The smallest absolute Gasteiger partial charge is 0.207 e. The Morgan fingerprint density at radius 1 is 0.649 bits per heavy atom. The average Bonchev–Trinajstić information content (AvgIpc) is 3.36. The predicted octanol–water partition coefficient (Wildman–Crippen LogP) is 7.83. The topological polar surface area (TPSA) is 37.4 Å². The standard InChI is InChI=1S/C33H25NO2S/c1-22-10-16-29(17-11-22)37(35,36)34-20-28-19-27-15-13-24-7-4-5-9-30(24)32(27)33(31(28)21-34)26-14-12-23-6-2-3-8-25(23)18-26/h2-19H,20-21H2,1H3. The van der Waals surface area contributed by atoms with Crippen LogP contribution in [0.25, 0.3) is 43.4 Å². The van der Waals surface area contributed by atoms with Crippen LogP contribution in [0.3, 0.4) is 0 Å². The summed E-state index contributed by atoms with van der Waals surface area (Å²) in [6.45, 7) is 2.69. The van der Waals surface area contributed by atoms with Crippen molar-refractivity contribution in [2.45, 2.75) is 24.9 Å². The van der Waals surface area contributed by atoms with E-state index in [0.29, 0.717) is 18.0 Å². The Morgan fingerprint density at radius 3 is 2.14 bits per heavy atom. The van der Waals surface area contributed by atoms with Gasteiger partial charge in [0.05, 0.1) is 4.90 Å².